The molecule has 0 aliphatic rings. The number of hydrogen-bond donors (Lipinski definition) is 2. The van der Waals surface area contributed by atoms with Crippen LogP contribution in [0.1, 0.15) is 5.56 Å². The van der Waals surface area contributed by atoms with Crippen LogP contribution in [0.3, 0.4) is 0 Å². The average molecular weight is 211 g/mol. The van der Waals surface area contributed by atoms with Crippen molar-refractivity contribution in [1.29, 1.82) is 0 Å². The van der Waals surface area contributed by atoms with Gasteiger partial charge in [-0.2, -0.15) is 8.42 Å². The van der Waals surface area contributed by atoms with Gasteiger partial charge in [-0.25, -0.2) is 0 Å². The van der Waals surface area contributed by atoms with Crippen molar-refractivity contribution in [3.05, 3.63) is 23.8 Å². The van der Waals surface area contributed by atoms with Crippen molar-refractivity contribution < 1.29 is 13.0 Å². The topological polar surface area (TPSA) is 80.4 Å². The Balaban J connectivity index is 0.00000144. The molecule has 0 saturated heterocycles. The fourth-order valence-corrected chi connectivity index (χ4v) is 1.67. The van der Waals surface area contributed by atoms with Crippen LogP contribution in [0.5, 0.6) is 0 Å². The molecule has 0 spiro atoms. The second kappa shape index (κ2) is 4.43. The maximum atomic E-state index is 10.7. The van der Waals surface area contributed by atoms with Gasteiger partial charge in [0.05, 0.1) is 4.90 Å². The predicted octanol–water partition coefficient (Wildman–Crippen LogP) is 0.175. The molecule has 1 aromatic rings. The van der Waals surface area contributed by atoms with Crippen LogP contribution in [0.15, 0.2) is 23.1 Å². The van der Waals surface area contributed by atoms with Gasteiger partial charge < -0.3 is 5.73 Å². The Hall–Kier alpha value is -0.0700. The van der Waals surface area contributed by atoms with Gasteiger partial charge in [-0.1, -0.05) is 0 Å². The molecule has 0 fully saturated rings. The third-order valence-electron chi connectivity index (χ3n) is 1.48. The quantitative estimate of drug-likeness (QED) is 0.394. The number of aryl methyl sites for hydroxylation is 1. The van der Waals surface area contributed by atoms with E-state index < -0.39 is 10.1 Å². The van der Waals surface area contributed by atoms with Crippen LogP contribution < -0.4 is 5.73 Å². The Morgan fingerprint density at radius 1 is 1.38 bits per heavy atom. The van der Waals surface area contributed by atoms with Gasteiger partial charge in [-0.3, -0.25) is 4.55 Å². The molecule has 0 amide bonds. The van der Waals surface area contributed by atoms with Gasteiger partial charge in [-0.15, -0.1) is 0 Å². The molecule has 0 aliphatic heterocycles. The number of anilines is 1. The first-order chi connectivity index (χ1) is 5.41. The van der Waals surface area contributed by atoms with Crippen LogP contribution in [0.25, 0.3) is 0 Å². The first-order valence-corrected chi connectivity index (χ1v) is 4.69. The van der Waals surface area contributed by atoms with Crippen LogP contribution in [-0.2, 0) is 10.1 Å². The monoisotopic (exact) mass is 211 g/mol. The molecule has 68 valence electrons. The van der Waals surface area contributed by atoms with Gasteiger partial charge in [0.1, 0.15) is 0 Å². The third-order valence-corrected chi connectivity index (χ3v) is 2.49. The molecule has 4 nitrogen and oxygen atoms in total. The van der Waals surface area contributed by atoms with E-state index in [9.17, 15) is 8.42 Å². The van der Waals surface area contributed by atoms with E-state index in [1.165, 1.54) is 18.2 Å². The molecule has 13 heavy (non-hydrogen) atoms. The van der Waals surface area contributed by atoms with E-state index >= 15 is 0 Å². The molecular weight excluding hydrogens is 201 g/mol. The summed E-state index contributed by atoms with van der Waals surface area (Å²) in [7, 11) is -4.11. The van der Waals surface area contributed by atoms with Crippen LogP contribution in [0.2, 0.25) is 0 Å². The first kappa shape index (κ1) is 12.9. The standard InChI is InChI=1S/C7H9NO3S.Na.H/c1-5-4-6(8)2-3-7(5)12(9,10)11;;/h2-4H,8H2,1H3,(H,9,10,11);;. The molecular formula is C7H10NNaO3S. The number of benzene rings is 1. The van der Waals surface area contributed by atoms with E-state index in [0.29, 0.717) is 11.3 Å². The Kier molecular flexibility index (Phi) is 4.41. The Labute approximate surface area is 99.2 Å². The van der Waals surface area contributed by atoms with Crippen molar-refractivity contribution >= 4 is 45.4 Å². The number of rotatable bonds is 1. The Bertz CT molecular complexity index is 402. The van der Waals surface area contributed by atoms with Gasteiger partial charge in [0.2, 0.25) is 0 Å². The Morgan fingerprint density at radius 2 is 1.92 bits per heavy atom. The number of hydrogen-bond acceptors (Lipinski definition) is 3. The minimum atomic E-state index is -4.11. The summed E-state index contributed by atoms with van der Waals surface area (Å²) in [5, 5.41) is 0. The summed E-state index contributed by atoms with van der Waals surface area (Å²) in [5.41, 5.74) is 6.31. The fraction of sp³-hybridized carbons (Fsp3) is 0.143. The second-order valence-electron chi connectivity index (χ2n) is 2.50. The molecule has 0 aliphatic carbocycles. The zero-order valence-electron chi connectivity index (χ0n) is 6.48. The molecule has 0 unspecified atom stereocenters. The van der Waals surface area contributed by atoms with E-state index in [-0.39, 0.29) is 34.5 Å². The van der Waals surface area contributed by atoms with Gasteiger partial charge in [0.25, 0.3) is 10.1 Å². The summed E-state index contributed by atoms with van der Waals surface area (Å²) < 4.78 is 30.1. The molecule has 0 atom stereocenters. The average Bonchev–Trinajstić information content (AvgIpc) is 1.83. The van der Waals surface area contributed by atoms with Crippen molar-refractivity contribution in [2.24, 2.45) is 0 Å². The molecule has 0 aromatic heterocycles. The van der Waals surface area contributed by atoms with E-state index in [1.54, 1.807) is 6.92 Å². The summed E-state index contributed by atoms with van der Waals surface area (Å²) >= 11 is 0. The minimum absolute atomic E-state index is 0. The van der Waals surface area contributed by atoms with Crippen LogP contribution >= 0.6 is 0 Å². The third kappa shape index (κ3) is 3.28. The summed E-state index contributed by atoms with van der Waals surface area (Å²) in [6.07, 6.45) is 0. The zero-order valence-corrected chi connectivity index (χ0v) is 7.30. The normalized spacial score (nSPS) is 10.6. The van der Waals surface area contributed by atoms with Crippen molar-refractivity contribution in [2.45, 2.75) is 11.8 Å². The SMILES string of the molecule is Cc1cc(N)ccc1S(=O)(=O)O.[NaH]. The van der Waals surface area contributed by atoms with Crippen molar-refractivity contribution in [2.75, 3.05) is 5.73 Å². The Morgan fingerprint density at radius 3 is 2.31 bits per heavy atom. The predicted molar refractivity (Wildman–Crippen MR) is 52.6 cm³/mol. The number of nitrogen functional groups attached to an aromatic ring is 1. The number of nitrogens with two attached hydrogens (primary N) is 1. The van der Waals surface area contributed by atoms with Crippen molar-refractivity contribution in [3.8, 4) is 0 Å². The summed E-state index contributed by atoms with van der Waals surface area (Å²) in [6.45, 7) is 1.57. The molecule has 0 radical (unpaired) electrons. The van der Waals surface area contributed by atoms with Crippen molar-refractivity contribution in [3.63, 3.8) is 0 Å². The van der Waals surface area contributed by atoms with Gasteiger partial charge in [0, 0.05) is 5.69 Å². The molecule has 3 N–H and O–H groups in total. The molecule has 6 heteroatoms. The van der Waals surface area contributed by atoms with E-state index in [0.717, 1.165) is 0 Å². The van der Waals surface area contributed by atoms with Crippen molar-refractivity contribution in [1.82, 2.24) is 0 Å². The van der Waals surface area contributed by atoms with E-state index in [4.69, 9.17) is 10.3 Å². The molecule has 0 heterocycles. The maximum absolute atomic E-state index is 10.7. The van der Waals surface area contributed by atoms with Crippen LogP contribution in [0, 0.1) is 6.92 Å². The summed E-state index contributed by atoms with van der Waals surface area (Å²) in [4.78, 5) is -0.100. The van der Waals surface area contributed by atoms with Crippen LogP contribution in [-0.4, -0.2) is 42.5 Å². The fourth-order valence-electron chi connectivity index (χ4n) is 0.962. The summed E-state index contributed by atoms with van der Waals surface area (Å²) in [6, 6.07) is 4.19. The molecule has 0 saturated carbocycles. The molecule has 0 bridgehead atoms. The zero-order chi connectivity index (χ0) is 9.35. The summed E-state index contributed by atoms with van der Waals surface area (Å²) in [5.74, 6) is 0. The van der Waals surface area contributed by atoms with E-state index in [1.807, 2.05) is 0 Å². The van der Waals surface area contributed by atoms with Gasteiger partial charge >= 0.3 is 29.6 Å². The van der Waals surface area contributed by atoms with Gasteiger partial charge in [0.15, 0.2) is 0 Å². The molecule has 1 rings (SSSR count). The second-order valence-corrected chi connectivity index (χ2v) is 3.89. The first-order valence-electron chi connectivity index (χ1n) is 3.25. The van der Waals surface area contributed by atoms with Gasteiger partial charge in [-0.05, 0) is 30.7 Å². The molecule has 1 aromatic carbocycles. The van der Waals surface area contributed by atoms with E-state index in [2.05, 4.69) is 0 Å². The van der Waals surface area contributed by atoms with Crippen LogP contribution in [0.4, 0.5) is 5.69 Å².